The lowest BCUT2D eigenvalue weighted by molar-refractivity contribution is -0.133. The summed E-state index contributed by atoms with van der Waals surface area (Å²) in [6, 6.07) is 7.60. The number of rotatable bonds is 3. The molecule has 0 bridgehead atoms. The van der Waals surface area contributed by atoms with E-state index in [2.05, 4.69) is 12.2 Å². The van der Waals surface area contributed by atoms with E-state index in [1.807, 2.05) is 31.3 Å². The van der Waals surface area contributed by atoms with E-state index < -0.39 is 0 Å². The summed E-state index contributed by atoms with van der Waals surface area (Å²) in [5, 5.41) is 3.98. The van der Waals surface area contributed by atoms with Crippen LogP contribution in [0.15, 0.2) is 24.3 Å². The van der Waals surface area contributed by atoms with Gasteiger partial charge in [0.25, 0.3) is 0 Å². The molecule has 1 amide bonds. The normalized spacial score (nSPS) is 23.1. The molecule has 1 aliphatic heterocycles. The molecular formula is C14H19ClN2O. The largest absolute Gasteiger partial charge is 0.340 e. The summed E-state index contributed by atoms with van der Waals surface area (Å²) in [6.07, 6.45) is 1.07. The van der Waals surface area contributed by atoms with Gasteiger partial charge in [0.1, 0.15) is 0 Å². The van der Waals surface area contributed by atoms with Crippen LogP contribution in [0.5, 0.6) is 0 Å². The fourth-order valence-corrected chi connectivity index (χ4v) is 2.60. The summed E-state index contributed by atoms with van der Waals surface area (Å²) in [6.45, 7) is 3.66. The zero-order chi connectivity index (χ0) is 13.1. The Morgan fingerprint density at radius 2 is 2.33 bits per heavy atom. The molecule has 0 aliphatic carbocycles. The van der Waals surface area contributed by atoms with Crippen LogP contribution < -0.4 is 5.32 Å². The first kappa shape index (κ1) is 13.4. The first-order chi connectivity index (χ1) is 8.58. The van der Waals surface area contributed by atoms with E-state index >= 15 is 0 Å². The van der Waals surface area contributed by atoms with Crippen molar-refractivity contribution in [2.45, 2.75) is 25.9 Å². The Morgan fingerprint density at radius 3 is 2.94 bits per heavy atom. The van der Waals surface area contributed by atoms with Gasteiger partial charge in [-0.15, -0.1) is 0 Å². The van der Waals surface area contributed by atoms with Gasteiger partial charge in [-0.3, -0.25) is 4.79 Å². The van der Waals surface area contributed by atoms with Crippen LogP contribution in [0.4, 0.5) is 0 Å². The van der Waals surface area contributed by atoms with Gasteiger partial charge in [0.2, 0.25) is 5.91 Å². The molecule has 0 spiro atoms. The molecule has 2 unspecified atom stereocenters. The molecular weight excluding hydrogens is 248 g/mol. The van der Waals surface area contributed by atoms with Gasteiger partial charge in [-0.2, -0.15) is 0 Å². The highest BCUT2D eigenvalue weighted by Gasteiger charge is 2.31. The molecule has 2 rings (SSSR count). The third-order valence-electron chi connectivity index (χ3n) is 3.48. The predicted molar refractivity (Wildman–Crippen MR) is 73.5 cm³/mol. The molecule has 1 N–H and O–H groups in total. The Morgan fingerprint density at radius 1 is 1.56 bits per heavy atom. The van der Waals surface area contributed by atoms with Crippen LogP contribution in [0.1, 0.15) is 18.9 Å². The fraction of sp³-hybridized carbons (Fsp3) is 0.500. The van der Waals surface area contributed by atoms with Crippen LogP contribution in [0.2, 0.25) is 5.02 Å². The van der Waals surface area contributed by atoms with Gasteiger partial charge in [0, 0.05) is 18.6 Å². The highest BCUT2D eigenvalue weighted by atomic mass is 35.5. The fourth-order valence-electron chi connectivity index (χ4n) is 2.39. The number of carbonyl (C=O) groups is 1. The van der Waals surface area contributed by atoms with Crippen molar-refractivity contribution < 1.29 is 4.79 Å². The first-order valence-electron chi connectivity index (χ1n) is 6.30. The highest BCUT2D eigenvalue weighted by Crippen LogP contribution is 2.18. The third kappa shape index (κ3) is 3.03. The van der Waals surface area contributed by atoms with Crippen LogP contribution in [-0.4, -0.2) is 30.4 Å². The van der Waals surface area contributed by atoms with Gasteiger partial charge in [-0.25, -0.2) is 0 Å². The Hall–Kier alpha value is -1.06. The monoisotopic (exact) mass is 266 g/mol. The van der Waals surface area contributed by atoms with Crippen LogP contribution in [0.25, 0.3) is 0 Å². The molecule has 1 aliphatic rings. The number of amides is 1. The zero-order valence-electron chi connectivity index (χ0n) is 10.8. The number of nitrogens with one attached hydrogen (secondary N) is 1. The number of nitrogens with zero attached hydrogens (tertiary/aromatic N) is 1. The van der Waals surface area contributed by atoms with Crippen molar-refractivity contribution in [3.05, 3.63) is 34.9 Å². The van der Waals surface area contributed by atoms with Crippen molar-refractivity contribution in [2.24, 2.45) is 5.92 Å². The summed E-state index contributed by atoms with van der Waals surface area (Å²) < 4.78 is 0. The maximum atomic E-state index is 12.3. The predicted octanol–water partition coefficient (Wildman–Crippen LogP) is 2.30. The lowest BCUT2D eigenvalue weighted by atomic mass is 10.0. The second kappa shape index (κ2) is 5.72. The Labute approximate surface area is 113 Å². The molecule has 0 aromatic heterocycles. The number of likely N-dealkylation sites (N-methyl/N-ethyl adjacent to an activating group) is 1. The lowest BCUT2D eigenvalue weighted by Crippen LogP contribution is -2.43. The average Bonchev–Trinajstić information content (AvgIpc) is 2.74. The lowest BCUT2D eigenvalue weighted by Gasteiger charge is -2.23. The van der Waals surface area contributed by atoms with E-state index in [1.165, 1.54) is 0 Å². The molecule has 18 heavy (non-hydrogen) atoms. The number of benzene rings is 1. The Balaban J connectivity index is 1.99. The van der Waals surface area contributed by atoms with Crippen molar-refractivity contribution in [3.63, 3.8) is 0 Å². The maximum Gasteiger partial charge on any atom is 0.240 e. The summed E-state index contributed by atoms with van der Waals surface area (Å²) in [4.78, 5) is 14.0. The molecule has 2 atom stereocenters. The number of halogens is 1. The third-order valence-corrected chi connectivity index (χ3v) is 3.72. The van der Waals surface area contributed by atoms with E-state index in [0.29, 0.717) is 17.5 Å². The number of hydrogen-bond acceptors (Lipinski definition) is 2. The van der Waals surface area contributed by atoms with Gasteiger partial charge >= 0.3 is 0 Å². The molecule has 98 valence electrons. The minimum absolute atomic E-state index is 0.0332. The minimum atomic E-state index is -0.0332. The van der Waals surface area contributed by atoms with Gasteiger partial charge in [0.15, 0.2) is 0 Å². The van der Waals surface area contributed by atoms with Crippen molar-refractivity contribution in [2.75, 3.05) is 13.6 Å². The minimum Gasteiger partial charge on any atom is -0.340 e. The van der Waals surface area contributed by atoms with E-state index in [0.717, 1.165) is 18.5 Å². The summed E-state index contributed by atoms with van der Waals surface area (Å²) >= 11 is 5.94. The SMILES string of the molecule is CC1CCNC1C(=O)N(C)Cc1cccc(Cl)c1. The zero-order valence-corrected chi connectivity index (χ0v) is 11.6. The van der Waals surface area contributed by atoms with E-state index in [1.54, 1.807) is 4.90 Å². The molecule has 1 aromatic carbocycles. The van der Waals surface area contributed by atoms with Crippen molar-refractivity contribution in [1.82, 2.24) is 10.2 Å². The maximum absolute atomic E-state index is 12.3. The van der Waals surface area contributed by atoms with E-state index in [9.17, 15) is 4.79 Å². The van der Waals surface area contributed by atoms with Crippen LogP contribution in [0.3, 0.4) is 0 Å². The van der Waals surface area contributed by atoms with Crippen LogP contribution in [-0.2, 0) is 11.3 Å². The van der Waals surface area contributed by atoms with E-state index in [-0.39, 0.29) is 11.9 Å². The molecule has 4 heteroatoms. The summed E-state index contributed by atoms with van der Waals surface area (Å²) in [7, 11) is 1.84. The Kier molecular flexibility index (Phi) is 4.25. The second-order valence-corrected chi connectivity index (χ2v) is 5.46. The van der Waals surface area contributed by atoms with Gasteiger partial charge in [0.05, 0.1) is 6.04 Å². The molecule has 3 nitrogen and oxygen atoms in total. The standard InChI is InChI=1S/C14H19ClN2O/c1-10-6-7-16-13(10)14(18)17(2)9-11-4-3-5-12(15)8-11/h3-5,8,10,13,16H,6-7,9H2,1-2H3. The molecule has 1 aromatic rings. The number of carbonyl (C=O) groups excluding carboxylic acids is 1. The first-order valence-corrected chi connectivity index (χ1v) is 6.68. The van der Waals surface area contributed by atoms with Gasteiger partial charge in [-0.05, 0) is 36.6 Å². The molecule has 1 fully saturated rings. The van der Waals surface area contributed by atoms with Crippen molar-refractivity contribution in [3.8, 4) is 0 Å². The van der Waals surface area contributed by atoms with Crippen molar-refractivity contribution in [1.29, 1.82) is 0 Å². The molecule has 1 saturated heterocycles. The highest BCUT2D eigenvalue weighted by molar-refractivity contribution is 6.30. The summed E-state index contributed by atoms with van der Waals surface area (Å²) in [5.41, 5.74) is 1.06. The molecule has 0 saturated carbocycles. The molecule has 0 radical (unpaired) electrons. The van der Waals surface area contributed by atoms with Gasteiger partial charge in [-0.1, -0.05) is 30.7 Å². The number of hydrogen-bond donors (Lipinski definition) is 1. The quantitative estimate of drug-likeness (QED) is 0.911. The topological polar surface area (TPSA) is 32.3 Å². The van der Waals surface area contributed by atoms with Gasteiger partial charge < -0.3 is 10.2 Å². The average molecular weight is 267 g/mol. The van der Waals surface area contributed by atoms with E-state index in [4.69, 9.17) is 11.6 Å². The van der Waals surface area contributed by atoms with Crippen molar-refractivity contribution >= 4 is 17.5 Å². The second-order valence-electron chi connectivity index (χ2n) is 5.02. The molecule has 1 heterocycles. The smallest absolute Gasteiger partial charge is 0.240 e. The Bertz CT molecular complexity index is 436. The van der Waals surface area contributed by atoms with Crippen LogP contribution in [0, 0.1) is 5.92 Å². The van der Waals surface area contributed by atoms with Crippen LogP contribution >= 0.6 is 11.6 Å². The summed E-state index contributed by atoms with van der Waals surface area (Å²) in [5.74, 6) is 0.583.